The van der Waals surface area contributed by atoms with Gasteiger partial charge in [-0.3, -0.25) is 0 Å². The Morgan fingerprint density at radius 2 is 1.50 bits per heavy atom. The second kappa shape index (κ2) is 6.39. The molecule has 1 aromatic carbocycles. The first-order valence-corrected chi connectivity index (χ1v) is 9.08. The zero-order valence-electron chi connectivity index (χ0n) is 12.9. The lowest BCUT2D eigenvalue weighted by Gasteiger charge is -2.37. The second-order valence-electron chi connectivity index (χ2n) is 7.16. The monoisotopic (exact) mass is 401 g/mol. The van der Waals surface area contributed by atoms with E-state index in [1.807, 2.05) is 0 Å². The fraction of sp³-hybridized carbons (Fsp3) is 0.647. The summed E-state index contributed by atoms with van der Waals surface area (Å²) >= 11 is 7.35. The van der Waals surface area contributed by atoms with Crippen molar-refractivity contribution in [3.8, 4) is 0 Å². The molecule has 0 saturated heterocycles. The van der Waals surface area contributed by atoms with E-state index in [1.54, 1.807) is 0 Å². The maximum Gasteiger partial charge on any atom is 0.0631 e. The van der Waals surface area contributed by atoms with Crippen molar-refractivity contribution in [2.75, 3.05) is 5.32 Å². The van der Waals surface area contributed by atoms with Gasteiger partial charge in [-0.25, -0.2) is 0 Å². The zero-order valence-corrected chi connectivity index (χ0v) is 16.1. The summed E-state index contributed by atoms with van der Waals surface area (Å²) in [5.74, 6) is 0.866. The van der Waals surface area contributed by atoms with E-state index in [4.69, 9.17) is 0 Å². The molecule has 1 aromatic rings. The first-order chi connectivity index (χ1) is 9.27. The number of benzene rings is 1. The Morgan fingerprint density at radius 1 is 1.00 bits per heavy atom. The van der Waals surface area contributed by atoms with Crippen LogP contribution in [-0.4, -0.2) is 6.04 Å². The average Bonchev–Trinajstić information content (AvgIpc) is 2.33. The molecular formula is C17H25Br2N. The molecule has 112 valence electrons. The van der Waals surface area contributed by atoms with Crippen LogP contribution < -0.4 is 5.32 Å². The van der Waals surface area contributed by atoms with Gasteiger partial charge in [0.1, 0.15) is 0 Å². The number of aryl methyl sites for hydroxylation is 1. The Bertz CT molecular complexity index is 445. The lowest BCUT2D eigenvalue weighted by Crippen LogP contribution is -2.31. The molecule has 1 aliphatic carbocycles. The number of anilines is 1. The number of hydrogen-bond acceptors (Lipinski definition) is 1. The maximum absolute atomic E-state index is 3.72. The van der Waals surface area contributed by atoms with Gasteiger partial charge in [0.15, 0.2) is 0 Å². The first kappa shape index (κ1) is 16.4. The summed E-state index contributed by atoms with van der Waals surface area (Å²) in [4.78, 5) is 0. The predicted molar refractivity (Wildman–Crippen MR) is 95.4 cm³/mol. The molecule has 1 fully saturated rings. The van der Waals surface area contributed by atoms with Crippen LogP contribution in [0.25, 0.3) is 0 Å². The van der Waals surface area contributed by atoms with Crippen molar-refractivity contribution in [3.63, 3.8) is 0 Å². The lowest BCUT2D eigenvalue weighted by molar-refractivity contribution is 0.173. The molecule has 1 nitrogen and oxygen atoms in total. The quantitative estimate of drug-likeness (QED) is 0.592. The van der Waals surface area contributed by atoms with Crippen LogP contribution in [0.1, 0.15) is 52.0 Å². The third-order valence-corrected chi connectivity index (χ3v) is 5.74. The van der Waals surface area contributed by atoms with E-state index in [2.05, 4.69) is 77.0 Å². The van der Waals surface area contributed by atoms with E-state index in [9.17, 15) is 0 Å². The van der Waals surface area contributed by atoms with Gasteiger partial charge < -0.3 is 5.32 Å². The van der Waals surface area contributed by atoms with E-state index in [0.717, 1.165) is 14.9 Å². The lowest BCUT2D eigenvalue weighted by atomic mass is 9.71. The molecule has 3 heteroatoms. The Kier molecular flexibility index (Phi) is 5.23. The van der Waals surface area contributed by atoms with Crippen LogP contribution in [0, 0.1) is 18.3 Å². The molecule has 1 N–H and O–H groups in total. The van der Waals surface area contributed by atoms with Crippen molar-refractivity contribution in [2.45, 2.75) is 59.4 Å². The second-order valence-corrected chi connectivity index (χ2v) is 8.87. The van der Waals surface area contributed by atoms with Gasteiger partial charge in [0.05, 0.1) is 5.69 Å². The smallest absolute Gasteiger partial charge is 0.0631 e. The van der Waals surface area contributed by atoms with Gasteiger partial charge in [-0.1, -0.05) is 20.8 Å². The highest BCUT2D eigenvalue weighted by Gasteiger charge is 2.29. The molecule has 0 aromatic heterocycles. The van der Waals surface area contributed by atoms with Crippen molar-refractivity contribution in [1.29, 1.82) is 0 Å². The van der Waals surface area contributed by atoms with Gasteiger partial charge in [0.2, 0.25) is 0 Å². The minimum Gasteiger partial charge on any atom is -0.380 e. The first-order valence-electron chi connectivity index (χ1n) is 7.49. The number of nitrogens with one attached hydrogen (secondary N) is 1. The van der Waals surface area contributed by atoms with Crippen molar-refractivity contribution in [3.05, 3.63) is 26.6 Å². The van der Waals surface area contributed by atoms with Crippen LogP contribution in [0.3, 0.4) is 0 Å². The largest absolute Gasteiger partial charge is 0.380 e. The van der Waals surface area contributed by atoms with Crippen molar-refractivity contribution in [2.24, 2.45) is 11.3 Å². The minimum atomic E-state index is 0.454. The van der Waals surface area contributed by atoms with Gasteiger partial charge in [0, 0.05) is 15.0 Å². The summed E-state index contributed by atoms with van der Waals surface area (Å²) < 4.78 is 2.31. The van der Waals surface area contributed by atoms with Crippen molar-refractivity contribution >= 4 is 37.5 Å². The summed E-state index contributed by atoms with van der Waals surface area (Å²) in [6, 6.07) is 4.95. The molecule has 0 bridgehead atoms. The van der Waals surface area contributed by atoms with Crippen molar-refractivity contribution in [1.82, 2.24) is 0 Å². The molecule has 1 aliphatic rings. The Hall–Kier alpha value is -0.0200. The summed E-state index contributed by atoms with van der Waals surface area (Å²) in [6.07, 6.45) is 5.22. The molecule has 1 saturated carbocycles. The zero-order chi connectivity index (χ0) is 14.9. The van der Waals surface area contributed by atoms with Crippen LogP contribution >= 0.6 is 31.9 Å². The Morgan fingerprint density at radius 3 is 1.95 bits per heavy atom. The molecule has 0 aliphatic heterocycles. The molecule has 20 heavy (non-hydrogen) atoms. The highest BCUT2D eigenvalue weighted by Crippen LogP contribution is 2.40. The summed E-state index contributed by atoms with van der Waals surface area (Å²) in [6.45, 7) is 9.24. The number of rotatable bonds is 2. The van der Waals surface area contributed by atoms with Crippen LogP contribution in [0.5, 0.6) is 0 Å². The van der Waals surface area contributed by atoms with Crippen LogP contribution in [0.2, 0.25) is 0 Å². The van der Waals surface area contributed by atoms with E-state index in [-0.39, 0.29) is 0 Å². The van der Waals surface area contributed by atoms with E-state index in [0.29, 0.717) is 11.5 Å². The van der Waals surface area contributed by atoms with E-state index < -0.39 is 0 Å². The van der Waals surface area contributed by atoms with Gasteiger partial charge >= 0.3 is 0 Å². The molecular weight excluding hydrogens is 378 g/mol. The summed E-state index contributed by atoms with van der Waals surface area (Å²) in [7, 11) is 0. The summed E-state index contributed by atoms with van der Waals surface area (Å²) in [5.41, 5.74) is 2.93. The van der Waals surface area contributed by atoms with Gasteiger partial charge in [0.25, 0.3) is 0 Å². The molecule has 0 heterocycles. The van der Waals surface area contributed by atoms with E-state index >= 15 is 0 Å². The average molecular weight is 403 g/mol. The maximum atomic E-state index is 3.72. The van der Waals surface area contributed by atoms with Crippen molar-refractivity contribution < 1.29 is 0 Å². The third kappa shape index (κ3) is 4.00. The molecule has 0 spiro atoms. The van der Waals surface area contributed by atoms with Gasteiger partial charge in [-0.15, -0.1) is 0 Å². The third-order valence-electron chi connectivity index (χ3n) is 4.49. The Balaban J connectivity index is 2.00. The topological polar surface area (TPSA) is 12.0 Å². The highest BCUT2D eigenvalue weighted by molar-refractivity contribution is 9.11. The van der Waals surface area contributed by atoms with Crippen LogP contribution in [-0.2, 0) is 0 Å². The SMILES string of the molecule is Cc1cc(Br)c(NC2CCC(C(C)(C)C)CC2)c(Br)c1. The molecule has 0 radical (unpaired) electrons. The predicted octanol–water partition coefficient (Wildman–Crippen LogP) is 6.54. The fourth-order valence-corrected chi connectivity index (χ4v) is 4.79. The fourth-order valence-electron chi connectivity index (χ4n) is 3.15. The number of hydrogen-bond donors (Lipinski definition) is 1. The molecule has 0 amide bonds. The van der Waals surface area contributed by atoms with E-state index in [1.165, 1.54) is 36.9 Å². The van der Waals surface area contributed by atoms with Crippen LogP contribution in [0.15, 0.2) is 21.1 Å². The molecule has 0 atom stereocenters. The van der Waals surface area contributed by atoms with Gasteiger partial charge in [-0.05, 0) is 93.5 Å². The standard InChI is InChI=1S/C17H25Br2N/c1-11-9-14(18)16(15(19)10-11)20-13-7-5-12(6-8-13)17(2,3)4/h9-10,12-13,20H,5-8H2,1-4H3. The molecule has 0 unspecified atom stereocenters. The minimum absolute atomic E-state index is 0.454. The highest BCUT2D eigenvalue weighted by atomic mass is 79.9. The summed E-state index contributed by atoms with van der Waals surface area (Å²) in [5, 5.41) is 3.72. The molecule has 2 rings (SSSR count). The Labute approximate surface area is 140 Å². The number of halogens is 2. The normalized spacial score (nSPS) is 23.7. The van der Waals surface area contributed by atoms with Gasteiger partial charge in [-0.2, -0.15) is 0 Å². The van der Waals surface area contributed by atoms with Crippen LogP contribution in [0.4, 0.5) is 5.69 Å².